The maximum absolute atomic E-state index is 5.81. The van der Waals surface area contributed by atoms with Gasteiger partial charge < -0.3 is 0 Å². The summed E-state index contributed by atoms with van der Waals surface area (Å²) in [5.41, 5.74) is 5.15. The van der Waals surface area contributed by atoms with Crippen molar-refractivity contribution in [3.05, 3.63) is 52.6 Å². The zero-order valence-corrected chi connectivity index (χ0v) is 13.0. The molecule has 0 bridgehead atoms. The average Bonchev–Trinajstić information content (AvgIpc) is 2.83. The van der Waals surface area contributed by atoms with Crippen LogP contribution in [0.15, 0.2) is 47.1 Å². The van der Waals surface area contributed by atoms with Gasteiger partial charge in [-0.15, -0.1) is 0 Å². The molecule has 0 radical (unpaired) electrons. The number of fused-ring (bicyclic) bond motifs is 1. The van der Waals surface area contributed by atoms with E-state index < -0.39 is 0 Å². The Morgan fingerprint density at radius 1 is 1.30 bits per heavy atom. The van der Waals surface area contributed by atoms with Crippen molar-refractivity contribution >= 4 is 10.6 Å². The van der Waals surface area contributed by atoms with Crippen LogP contribution in [0.25, 0.3) is 6.08 Å². The van der Waals surface area contributed by atoms with E-state index in [4.69, 9.17) is 9.47 Å². The topological polar surface area (TPSA) is 18.5 Å². The second kappa shape index (κ2) is 5.79. The van der Waals surface area contributed by atoms with Gasteiger partial charge in [0.15, 0.2) is 0 Å². The third-order valence-electron chi connectivity index (χ3n) is 4.05. The van der Waals surface area contributed by atoms with Gasteiger partial charge in [-0.3, -0.25) is 0 Å². The molecule has 1 aliphatic carbocycles. The quantitative estimate of drug-likeness (QED) is 0.851. The van der Waals surface area contributed by atoms with Crippen molar-refractivity contribution in [3.63, 3.8) is 0 Å². The molecule has 2 atom stereocenters. The molecule has 2 nitrogen and oxygen atoms in total. The molecule has 1 aromatic rings. The van der Waals surface area contributed by atoms with E-state index in [-0.39, 0.29) is 6.10 Å². The van der Waals surface area contributed by atoms with Crippen molar-refractivity contribution in [1.29, 1.82) is 0 Å². The molecule has 0 saturated carbocycles. The third-order valence-corrected chi connectivity index (χ3v) is 4.65. The van der Waals surface area contributed by atoms with Gasteiger partial charge in [0.2, 0.25) is 0 Å². The first-order valence-corrected chi connectivity index (χ1v) is 7.54. The minimum absolute atomic E-state index is 0.223. The first-order chi connectivity index (χ1) is 9.72. The molecule has 0 spiro atoms. The molecule has 3 heteroatoms. The zero-order chi connectivity index (χ0) is 14.1. The number of methoxy groups -OCH3 is 1. The van der Waals surface area contributed by atoms with E-state index in [0.29, 0.717) is 5.92 Å². The van der Waals surface area contributed by atoms with Crippen LogP contribution in [0.4, 0.5) is 0 Å². The Morgan fingerprint density at radius 3 is 2.75 bits per heavy atom. The van der Waals surface area contributed by atoms with Crippen molar-refractivity contribution in [3.8, 4) is 0 Å². The molecule has 2 unspecified atom stereocenters. The molecule has 0 N–H and O–H groups in total. The summed E-state index contributed by atoms with van der Waals surface area (Å²) in [5.74, 6) is 0.531. The second-order valence-electron chi connectivity index (χ2n) is 5.24. The van der Waals surface area contributed by atoms with Crippen LogP contribution in [0, 0.1) is 5.92 Å². The van der Waals surface area contributed by atoms with Crippen LogP contribution in [0.5, 0.6) is 0 Å². The molecule has 0 amide bonds. The monoisotopic (exact) mass is 306 g/mol. The van der Waals surface area contributed by atoms with E-state index in [2.05, 4.69) is 53.1 Å². The Bertz CT molecular complexity index is 586. The summed E-state index contributed by atoms with van der Waals surface area (Å²) in [5, 5.41) is 0. The van der Waals surface area contributed by atoms with E-state index in [0.717, 1.165) is 17.6 Å². The van der Waals surface area contributed by atoms with Crippen LogP contribution in [0.1, 0.15) is 18.9 Å². The van der Waals surface area contributed by atoms with Gasteiger partial charge >= 0.3 is 128 Å². The van der Waals surface area contributed by atoms with Crippen molar-refractivity contribution in [2.45, 2.75) is 19.4 Å². The van der Waals surface area contributed by atoms with Crippen LogP contribution in [0.2, 0.25) is 0 Å². The van der Waals surface area contributed by atoms with Crippen LogP contribution >= 0.6 is 0 Å². The number of benzene rings is 1. The molecule has 1 aliphatic heterocycles. The molecular weight excluding hydrogens is 288 g/mol. The Hall–Kier alpha value is -0.978. The van der Waals surface area contributed by atoms with Crippen LogP contribution in [-0.4, -0.2) is 24.4 Å². The zero-order valence-electron chi connectivity index (χ0n) is 11.8. The predicted molar refractivity (Wildman–Crippen MR) is 77.0 cm³/mol. The fourth-order valence-corrected chi connectivity index (χ4v) is 3.50. The molecule has 1 saturated heterocycles. The molecule has 3 rings (SSSR count). The van der Waals surface area contributed by atoms with Crippen molar-refractivity contribution < 1.29 is 25.3 Å². The molecule has 1 heterocycles. The first-order valence-electron chi connectivity index (χ1n) is 6.90. The molecule has 20 heavy (non-hydrogen) atoms. The van der Waals surface area contributed by atoms with Gasteiger partial charge in [0.25, 0.3) is 0 Å². The van der Waals surface area contributed by atoms with Gasteiger partial charge in [0, 0.05) is 0 Å². The normalized spacial score (nSPS) is 25.4. The number of rotatable bonds is 4. The predicted octanol–water partition coefficient (Wildman–Crippen LogP) is 3.13. The summed E-state index contributed by atoms with van der Waals surface area (Å²) in [6.07, 6.45) is 3.58. The average molecular weight is 306 g/mol. The van der Waals surface area contributed by atoms with Gasteiger partial charge in [-0.25, -0.2) is 0 Å². The van der Waals surface area contributed by atoms with Gasteiger partial charge in [-0.05, 0) is 0 Å². The van der Waals surface area contributed by atoms with Gasteiger partial charge in [-0.2, -0.15) is 0 Å². The molecule has 2 aliphatic rings. The Kier molecular flexibility index (Phi) is 4.05. The second-order valence-corrected chi connectivity index (χ2v) is 5.82. The SMILES string of the molecule is CO[C](=[Cr])C1=C(/C(C)=C/c2ccccc2)C2CCOC12. The van der Waals surface area contributed by atoms with Crippen LogP contribution in [-0.2, 0) is 25.3 Å². The van der Waals surface area contributed by atoms with Crippen LogP contribution in [0.3, 0.4) is 0 Å². The fourth-order valence-electron chi connectivity index (χ4n) is 3.14. The minimum atomic E-state index is 0.223. The number of hydrogen-bond acceptors (Lipinski definition) is 2. The third kappa shape index (κ3) is 2.36. The Morgan fingerprint density at radius 2 is 2.05 bits per heavy atom. The van der Waals surface area contributed by atoms with Crippen molar-refractivity contribution in [2.75, 3.05) is 13.7 Å². The van der Waals surface area contributed by atoms with E-state index in [1.54, 1.807) is 7.11 Å². The summed E-state index contributed by atoms with van der Waals surface area (Å²) in [6.45, 7) is 3.03. The summed E-state index contributed by atoms with van der Waals surface area (Å²) in [6, 6.07) is 10.4. The van der Waals surface area contributed by atoms with Crippen molar-refractivity contribution in [1.82, 2.24) is 0 Å². The van der Waals surface area contributed by atoms with E-state index in [9.17, 15) is 0 Å². The Labute approximate surface area is 128 Å². The Balaban J connectivity index is 1.96. The number of ether oxygens (including phenoxy) is 2. The van der Waals surface area contributed by atoms with E-state index in [1.807, 2.05) is 6.07 Å². The summed E-state index contributed by atoms with van der Waals surface area (Å²) >= 11 is 3.02. The molecule has 1 fully saturated rings. The van der Waals surface area contributed by atoms with E-state index >= 15 is 0 Å². The molecule has 104 valence electrons. The number of hydrogen-bond donors (Lipinski definition) is 0. The molecular formula is C17H18CrO2. The fraction of sp³-hybridized carbons (Fsp3) is 0.353. The van der Waals surface area contributed by atoms with Gasteiger partial charge in [0.1, 0.15) is 0 Å². The first kappa shape index (κ1) is 14.0. The number of allylic oxidation sites excluding steroid dienone is 1. The molecule has 1 aromatic carbocycles. The summed E-state index contributed by atoms with van der Waals surface area (Å²) < 4.78 is 12.1. The van der Waals surface area contributed by atoms with Crippen LogP contribution < -0.4 is 0 Å². The van der Waals surface area contributed by atoms with Crippen molar-refractivity contribution in [2.24, 2.45) is 5.92 Å². The summed E-state index contributed by atoms with van der Waals surface area (Å²) in [7, 11) is 1.70. The maximum atomic E-state index is 5.81. The van der Waals surface area contributed by atoms with Gasteiger partial charge in [-0.1, -0.05) is 0 Å². The standard InChI is InChI=1S/C17H18O2.Cr/c1-12(10-13-6-4-3-5-7-13)16-14-8-9-19-17(14)15(16)11-18-2;/h3-7,10,14,17H,8-9H2,1-2H3;/b12-10+;. The van der Waals surface area contributed by atoms with E-state index in [1.165, 1.54) is 22.3 Å². The molecule has 0 aromatic heterocycles. The van der Waals surface area contributed by atoms with Gasteiger partial charge in [0.05, 0.1) is 0 Å². The summed E-state index contributed by atoms with van der Waals surface area (Å²) in [4.78, 5) is 0.